The van der Waals surface area contributed by atoms with Crippen LogP contribution in [0.15, 0.2) is 364 Å². The molecule has 6 aromatic heterocycles. The van der Waals surface area contributed by atoms with E-state index in [1.54, 1.807) is 0 Å². The molecule has 8 heteroatoms. The molecule has 0 aliphatic heterocycles. The number of hydrogen-bond donors (Lipinski definition) is 0. The number of aromatic nitrogens is 8. The lowest BCUT2D eigenvalue weighted by Gasteiger charge is -2.12. The molecule has 14 aromatic carbocycles. The van der Waals surface area contributed by atoms with Gasteiger partial charge in [-0.1, -0.05) is 255 Å². The van der Waals surface area contributed by atoms with E-state index in [4.69, 9.17) is 19.9 Å². The van der Waals surface area contributed by atoms with E-state index in [2.05, 4.69) is 358 Å². The Labute approximate surface area is 576 Å². The van der Waals surface area contributed by atoms with E-state index in [-0.39, 0.29) is 0 Å². The molecule has 0 N–H and O–H groups in total. The van der Waals surface area contributed by atoms with Crippen LogP contribution in [0.1, 0.15) is 0 Å². The molecule has 0 spiro atoms. The second-order valence-corrected chi connectivity index (χ2v) is 25.4. The van der Waals surface area contributed by atoms with Crippen molar-refractivity contribution in [3.8, 4) is 90.6 Å². The lowest BCUT2D eigenvalue weighted by atomic mass is 10.0. The first kappa shape index (κ1) is 57.9. The molecule has 0 atom stereocenters. The minimum absolute atomic E-state index is 0.652. The molecule has 100 heavy (non-hydrogen) atoms. The number of benzene rings is 14. The summed E-state index contributed by atoms with van der Waals surface area (Å²) in [5.74, 6) is 1.30. The van der Waals surface area contributed by atoms with Crippen LogP contribution in [-0.4, -0.2) is 38.2 Å². The van der Waals surface area contributed by atoms with E-state index in [0.717, 1.165) is 78.5 Å². The standard InChI is InChI=1S/2C46H30N4/c2*1-4-14-31(15-5-1)40-30-41(32-16-6-2-7-17-32)48-46(47-40)50-43-23-13-11-21-37(43)39-29-34(25-27-45(39)50)33-24-26-44-38(28-33)36-20-10-12-22-42(36)49(44)35-18-8-3-9-19-35/h2*1-30H. The van der Waals surface area contributed by atoms with E-state index >= 15 is 0 Å². The maximum absolute atomic E-state index is 5.19. The highest BCUT2D eigenvalue weighted by molar-refractivity contribution is 6.15. The summed E-state index contributed by atoms with van der Waals surface area (Å²) in [7, 11) is 0. The molecule has 6 heterocycles. The summed E-state index contributed by atoms with van der Waals surface area (Å²) in [6.07, 6.45) is 0. The molecule has 0 amide bonds. The summed E-state index contributed by atoms with van der Waals surface area (Å²) < 4.78 is 9.14. The van der Waals surface area contributed by atoms with Gasteiger partial charge in [-0.15, -0.1) is 0 Å². The van der Waals surface area contributed by atoms with Gasteiger partial charge >= 0.3 is 0 Å². The highest BCUT2D eigenvalue weighted by Gasteiger charge is 2.22. The summed E-state index contributed by atoms with van der Waals surface area (Å²) in [6, 6.07) is 129. The van der Waals surface area contributed by atoms with Crippen molar-refractivity contribution in [3.05, 3.63) is 364 Å². The van der Waals surface area contributed by atoms with Gasteiger partial charge in [0.1, 0.15) is 0 Å². The molecule has 20 rings (SSSR count). The molecule has 0 radical (unpaired) electrons. The van der Waals surface area contributed by atoms with Gasteiger partial charge in [-0.2, -0.15) is 0 Å². The van der Waals surface area contributed by atoms with Crippen LogP contribution in [0, 0.1) is 0 Å². The number of fused-ring (bicyclic) bond motifs is 12. The van der Waals surface area contributed by atoms with Crippen LogP contribution in [0.2, 0.25) is 0 Å². The average molecular weight is 1280 g/mol. The summed E-state index contributed by atoms with van der Waals surface area (Å²) in [6.45, 7) is 0. The summed E-state index contributed by atoms with van der Waals surface area (Å²) in [5, 5.41) is 9.64. The van der Waals surface area contributed by atoms with E-state index in [1.807, 2.05) is 24.3 Å². The van der Waals surface area contributed by atoms with Crippen molar-refractivity contribution in [1.29, 1.82) is 0 Å². The van der Waals surface area contributed by atoms with Crippen molar-refractivity contribution in [1.82, 2.24) is 38.2 Å². The number of para-hydroxylation sites is 6. The molecular weight excluding hydrogens is 1220 g/mol. The van der Waals surface area contributed by atoms with Crippen molar-refractivity contribution >= 4 is 87.2 Å². The van der Waals surface area contributed by atoms with Crippen LogP contribution in [0.4, 0.5) is 0 Å². The van der Waals surface area contributed by atoms with Gasteiger partial charge in [0.15, 0.2) is 0 Å². The molecular formula is C92H60N8. The molecule has 0 saturated heterocycles. The Morgan fingerprint density at radius 1 is 0.150 bits per heavy atom. The Morgan fingerprint density at radius 2 is 0.360 bits per heavy atom. The molecule has 0 aliphatic rings. The van der Waals surface area contributed by atoms with Gasteiger partial charge in [-0.25, -0.2) is 19.9 Å². The van der Waals surface area contributed by atoms with E-state index < -0.39 is 0 Å². The van der Waals surface area contributed by atoms with Crippen molar-refractivity contribution in [3.63, 3.8) is 0 Å². The molecule has 0 bridgehead atoms. The van der Waals surface area contributed by atoms with Crippen LogP contribution in [-0.2, 0) is 0 Å². The van der Waals surface area contributed by atoms with Gasteiger partial charge in [0.25, 0.3) is 0 Å². The zero-order chi connectivity index (χ0) is 66.0. The van der Waals surface area contributed by atoms with Gasteiger partial charge in [0.2, 0.25) is 11.9 Å². The van der Waals surface area contributed by atoms with Crippen molar-refractivity contribution < 1.29 is 0 Å². The molecule has 0 unspecified atom stereocenters. The number of nitrogens with zero attached hydrogens (tertiary/aromatic N) is 8. The maximum atomic E-state index is 5.19. The molecule has 0 aliphatic carbocycles. The minimum Gasteiger partial charge on any atom is -0.309 e. The van der Waals surface area contributed by atoms with Gasteiger partial charge in [0.05, 0.1) is 66.9 Å². The van der Waals surface area contributed by atoms with E-state index in [9.17, 15) is 0 Å². The van der Waals surface area contributed by atoms with Crippen LogP contribution in [0.5, 0.6) is 0 Å². The third kappa shape index (κ3) is 10.0. The average Bonchev–Trinajstić information content (AvgIpc) is 1.60. The fraction of sp³-hybridized carbons (Fsp3) is 0. The summed E-state index contributed by atoms with van der Waals surface area (Å²) in [4.78, 5) is 20.8. The summed E-state index contributed by atoms with van der Waals surface area (Å²) >= 11 is 0. The fourth-order valence-corrected chi connectivity index (χ4v) is 14.8. The summed E-state index contributed by atoms with van der Waals surface area (Å²) in [5.41, 5.74) is 23.9. The zero-order valence-corrected chi connectivity index (χ0v) is 54.2. The Morgan fingerprint density at radius 3 is 0.630 bits per heavy atom. The zero-order valence-electron chi connectivity index (χ0n) is 54.2. The van der Waals surface area contributed by atoms with Crippen molar-refractivity contribution in [2.24, 2.45) is 0 Å². The van der Waals surface area contributed by atoms with Crippen LogP contribution >= 0.6 is 0 Å². The first-order valence-electron chi connectivity index (χ1n) is 33.9. The first-order valence-corrected chi connectivity index (χ1v) is 33.9. The number of rotatable bonds is 10. The SMILES string of the molecule is c1ccc(-c2cc(-c3ccccc3)nc(-n3c4ccccc4c4cc(-c5ccc6c(c5)c5ccccc5n6-c5ccccc5)ccc43)n2)cc1.c1ccc(-c2cc(-c3ccccc3)nc(-n3c4ccccc4c4cc(-c5ccc6c(c5)c5ccccc5n6-c5ccccc5)ccc43)n2)cc1. The van der Waals surface area contributed by atoms with Crippen LogP contribution in [0.25, 0.3) is 178 Å². The lowest BCUT2D eigenvalue weighted by Crippen LogP contribution is -2.03. The molecule has 0 saturated carbocycles. The minimum atomic E-state index is 0.652. The van der Waals surface area contributed by atoms with Crippen molar-refractivity contribution in [2.45, 2.75) is 0 Å². The van der Waals surface area contributed by atoms with Crippen LogP contribution in [0.3, 0.4) is 0 Å². The molecule has 468 valence electrons. The normalized spacial score (nSPS) is 11.6. The first-order chi connectivity index (χ1) is 49.6. The molecule has 0 fully saturated rings. The Bertz CT molecular complexity index is 5980. The highest BCUT2D eigenvalue weighted by atomic mass is 15.2. The van der Waals surface area contributed by atoms with Gasteiger partial charge in [0, 0.05) is 76.7 Å². The monoisotopic (exact) mass is 1280 g/mol. The molecule has 8 nitrogen and oxygen atoms in total. The predicted molar refractivity (Wildman–Crippen MR) is 414 cm³/mol. The quantitative estimate of drug-likeness (QED) is 0.137. The Balaban J connectivity index is 0.000000139. The smallest absolute Gasteiger partial charge is 0.235 e. The van der Waals surface area contributed by atoms with E-state index in [0.29, 0.717) is 11.9 Å². The van der Waals surface area contributed by atoms with Gasteiger partial charge in [-0.3, -0.25) is 9.13 Å². The van der Waals surface area contributed by atoms with Gasteiger partial charge in [-0.05, 0) is 131 Å². The van der Waals surface area contributed by atoms with Crippen LogP contribution < -0.4 is 0 Å². The maximum Gasteiger partial charge on any atom is 0.235 e. The van der Waals surface area contributed by atoms with Gasteiger partial charge < -0.3 is 9.13 Å². The Hall–Kier alpha value is -13.6. The largest absolute Gasteiger partial charge is 0.309 e. The fourth-order valence-electron chi connectivity index (χ4n) is 14.8. The topological polar surface area (TPSA) is 71.3 Å². The highest BCUT2D eigenvalue weighted by Crippen LogP contribution is 2.42. The third-order valence-corrected chi connectivity index (χ3v) is 19.5. The Kier molecular flexibility index (Phi) is 14.0. The van der Waals surface area contributed by atoms with Crippen molar-refractivity contribution in [2.75, 3.05) is 0 Å². The predicted octanol–water partition coefficient (Wildman–Crippen LogP) is 23.3. The second-order valence-electron chi connectivity index (χ2n) is 25.4. The lowest BCUT2D eigenvalue weighted by molar-refractivity contribution is 0.995. The molecule has 20 aromatic rings. The third-order valence-electron chi connectivity index (χ3n) is 19.5. The van der Waals surface area contributed by atoms with E-state index in [1.165, 1.54) is 87.4 Å². The number of hydrogen-bond acceptors (Lipinski definition) is 4. The second kappa shape index (κ2) is 24.3.